The van der Waals surface area contributed by atoms with Gasteiger partial charge in [-0.1, -0.05) is 96.3 Å². The number of carboxylic acids is 3. The quantitative estimate of drug-likeness (QED) is 0.0601. The minimum Gasteiger partial charge on any atom is -0.481 e. The molecule has 1 fully saturated rings. The summed E-state index contributed by atoms with van der Waals surface area (Å²) in [7, 11) is 0. The number of hydrogen-bond donors (Lipinski definition) is 7. The van der Waals surface area contributed by atoms with Gasteiger partial charge in [-0.3, -0.25) is 19.8 Å². The smallest absolute Gasteiger partial charge is 0.300 e. The third kappa shape index (κ3) is 56.8. The molecule has 0 unspecified atom stereocenters. The molecule has 1 saturated carbocycles. The molecule has 1 aliphatic rings. The number of guanidine groups is 1. The number of nitrogens with two attached hydrogens (primary N) is 1. The van der Waals surface area contributed by atoms with Gasteiger partial charge in [0.1, 0.15) is 0 Å². The van der Waals surface area contributed by atoms with Crippen LogP contribution in [0.15, 0.2) is 0 Å². The van der Waals surface area contributed by atoms with Crippen LogP contribution in [-0.2, 0) is 14.4 Å². The lowest BCUT2D eigenvalue weighted by molar-refractivity contribution is -0.135. The molecule has 0 aromatic heterocycles. The minimum absolute atomic E-state index is 0.0933. The van der Waals surface area contributed by atoms with Crippen LogP contribution in [0.4, 0.5) is 0 Å². The van der Waals surface area contributed by atoms with Crippen LogP contribution < -0.4 is 16.4 Å². The van der Waals surface area contributed by atoms with Gasteiger partial charge in [0, 0.05) is 27.3 Å². The van der Waals surface area contributed by atoms with Crippen molar-refractivity contribution in [3.63, 3.8) is 0 Å². The van der Waals surface area contributed by atoms with Crippen LogP contribution >= 0.6 is 0 Å². The molecule has 232 valence electrons. The van der Waals surface area contributed by atoms with Crippen molar-refractivity contribution in [3.8, 4) is 0 Å². The number of carbonyl (C=O) groups is 3. The molecule has 0 aromatic carbocycles. The molecule has 10 heteroatoms. The molecule has 0 radical (unpaired) electrons. The van der Waals surface area contributed by atoms with Crippen LogP contribution in [0.1, 0.15) is 136 Å². The summed E-state index contributed by atoms with van der Waals surface area (Å²) < 4.78 is 0. The Morgan fingerprint density at radius 3 is 1.36 bits per heavy atom. The van der Waals surface area contributed by atoms with Crippen molar-refractivity contribution in [2.45, 2.75) is 136 Å². The van der Waals surface area contributed by atoms with Gasteiger partial charge in [-0.25, -0.2) is 0 Å². The average molecular weight is 561 g/mol. The molecule has 1 rings (SSSR count). The number of rotatable bonds is 18. The third-order valence-corrected chi connectivity index (χ3v) is 6.04. The molecule has 0 atom stereocenters. The van der Waals surface area contributed by atoms with E-state index in [1.54, 1.807) is 0 Å². The highest BCUT2D eigenvalue weighted by Gasteiger charge is 2.12. The van der Waals surface area contributed by atoms with Crippen molar-refractivity contribution >= 4 is 23.9 Å². The van der Waals surface area contributed by atoms with Gasteiger partial charge in [0.15, 0.2) is 5.96 Å². The second kappa shape index (κ2) is 33.7. The van der Waals surface area contributed by atoms with Gasteiger partial charge in [-0.05, 0) is 38.3 Å². The molecule has 8 N–H and O–H groups in total. The van der Waals surface area contributed by atoms with Gasteiger partial charge in [0.2, 0.25) is 0 Å². The number of nitrogens with one attached hydrogen (secondary N) is 3. The fourth-order valence-electron chi connectivity index (χ4n) is 4.30. The standard InChI is InChI=1S/C23H48N4.3C2H4O2/c24-23(25)27-21-15-8-4-3-7-14-20-26-19-13-6-2-1-5-10-16-22-17-11-9-12-18-22;3*1-2(3)4/h22,26H,1-21H2,(H4,24,25,27);3*1H3,(H,3,4). The molecular weight excluding hydrogens is 500 g/mol. The van der Waals surface area contributed by atoms with E-state index in [9.17, 15) is 0 Å². The van der Waals surface area contributed by atoms with Gasteiger partial charge in [-0.2, -0.15) is 0 Å². The predicted octanol–water partition coefficient (Wildman–Crippen LogP) is 5.98. The second-order valence-corrected chi connectivity index (χ2v) is 10.2. The first-order chi connectivity index (χ1) is 18.5. The Bertz CT molecular complexity index is 544. The van der Waals surface area contributed by atoms with Crippen molar-refractivity contribution in [2.75, 3.05) is 19.6 Å². The Hall–Kier alpha value is -2.36. The summed E-state index contributed by atoms with van der Waals surface area (Å²) >= 11 is 0. The highest BCUT2D eigenvalue weighted by atomic mass is 16.4. The largest absolute Gasteiger partial charge is 0.481 e. The van der Waals surface area contributed by atoms with Crippen LogP contribution in [0, 0.1) is 11.3 Å². The third-order valence-electron chi connectivity index (χ3n) is 6.04. The number of aliphatic carboxylic acids is 3. The van der Waals surface area contributed by atoms with Gasteiger partial charge in [-0.15, -0.1) is 0 Å². The van der Waals surface area contributed by atoms with Gasteiger partial charge in [0.25, 0.3) is 17.9 Å². The maximum atomic E-state index is 9.00. The number of unbranched alkanes of at least 4 members (excludes halogenated alkanes) is 10. The minimum atomic E-state index is -0.833. The predicted molar refractivity (Wildman–Crippen MR) is 159 cm³/mol. The van der Waals surface area contributed by atoms with E-state index in [0.717, 1.165) is 39.7 Å². The molecular formula is C29H60N4O6. The normalized spacial score (nSPS) is 12.4. The van der Waals surface area contributed by atoms with E-state index in [2.05, 4.69) is 10.6 Å². The summed E-state index contributed by atoms with van der Waals surface area (Å²) in [4.78, 5) is 27.0. The zero-order valence-electron chi connectivity index (χ0n) is 25.1. The number of hydrogen-bond acceptors (Lipinski definition) is 5. The molecule has 10 nitrogen and oxygen atoms in total. The van der Waals surface area contributed by atoms with Crippen molar-refractivity contribution < 1.29 is 29.7 Å². The zero-order chi connectivity index (χ0) is 30.2. The SMILES string of the molecule is CC(=O)O.CC(=O)O.CC(=O)O.N=C(N)NCCCCCCCCNCCCCCCCCC1CCCCC1. The van der Waals surface area contributed by atoms with E-state index in [1.165, 1.54) is 122 Å². The summed E-state index contributed by atoms with van der Waals surface area (Å²) in [5.74, 6) is -1.33. The van der Waals surface area contributed by atoms with E-state index >= 15 is 0 Å². The molecule has 0 amide bonds. The lowest BCUT2D eigenvalue weighted by atomic mass is 9.85. The Morgan fingerprint density at radius 1 is 0.641 bits per heavy atom. The molecule has 0 saturated heterocycles. The summed E-state index contributed by atoms with van der Waals surface area (Å²) in [5.41, 5.74) is 5.25. The Morgan fingerprint density at radius 2 is 0.974 bits per heavy atom. The van der Waals surface area contributed by atoms with Crippen LogP contribution in [0.2, 0.25) is 0 Å². The molecule has 1 aliphatic carbocycles. The lowest BCUT2D eigenvalue weighted by Gasteiger charge is -2.21. The fraction of sp³-hybridized carbons (Fsp3) is 0.862. The van der Waals surface area contributed by atoms with Crippen LogP contribution in [0.25, 0.3) is 0 Å². The highest BCUT2D eigenvalue weighted by molar-refractivity contribution is 5.74. The molecule has 0 bridgehead atoms. The summed E-state index contributed by atoms with van der Waals surface area (Å²) in [6.07, 6.45) is 25.3. The second-order valence-electron chi connectivity index (χ2n) is 10.2. The van der Waals surface area contributed by atoms with Gasteiger partial charge < -0.3 is 31.7 Å². The van der Waals surface area contributed by atoms with Crippen molar-refractivity contribution in [2.24, 2.45) is 11.7 Å². The average Bonchev–Trinajstić information content (AvgIpc) is 2.83. The summed E-state index contributed by atoms with van der Waals surface area (Å²) in [6.45, 7) is 6.49. The van der Waals surface area contributed by atoms with Crippen molar-refractivity contribution in [1.29, 1.82) is 5.41 Å². The Balaban J connectivity index is -0.000000903. The van der Waals surface area contributed by atoms with Gasteiger partial charge in [0.05, 0.1) is 0 Å². The maximum absolute atomic E-state index is 9.00. The summed E-state index contributed by atoms with van der Waals surface area (Å²) in [6, 6.07) is 0. The molecule has 0 aliphatic heterocycles. The van der Waals surface area contributed by atoms with E-state index in [-0.39, 0.29) is 5.96 Å². The van der Waals surface area contributed by atoms with Crippen LogP contribution in [0.3, 0.4) is 0 Å². The lowest BCUT2D eigenvalue weighted by Crippen LogP contribution is -2.30. The highest BCUT2D eigenvalue weighted by Crippen LogP contribution is 2.28. The molecule has 0 spiro atoms. The molecule has 0 aromatic rings. The van der Waals surface area contributed by atoms with Crippen LogP contribution in [0.5, 0.6) is 0 Å². The zero-order valence-corrected chi connectivity index (χ0v) is 25.1. The Labute approximate surface area is 237 Å². The fourth-order valence-corrected chi connectivity index (χ4v) is 4.30. The van der Waals surface area contributed by atoms with Crippen molar-refractivity contribution in [3.05, 3.63) is 0 Å². The molecule has 39 heavy (non-hydrogen) atoms. The Kier molecular flexibility index (Phi) is 35.5. The van der Waals surface area contributed by atoms with E-state index in [1.807, 2.05) is 0 Å². The van der Waals surface area contributed by atoms with E-state index < -0.39 is 17.9 Å². The van der Waals surface area contributed by atoms with E-state index in [0.29, 0.717) is 0 Å². The first kappa shape index (κ1) is 41.1. The van der Waals surface area contributed by atoms with Crippen LogP contribution in [-0.4, -0.2) is 58.8 Å². The maximum Gasteiger partial charge on any atom is 0.300 e. The van der Waals surface area contributed by atoms with E-state index in [4.69, 9.17) is 40.8 Å². The topological polar surface area (TPSA) is 186 Å². The first-order valence-electron chi connectivity index (χ1n) is 14.9. The number of carboxylic acid groups (broad SMARTS) is 3. The first-order valence-corrected chi connectivity index (χ1v) is 14.9. The monoisotopic (exact) mass is 560 g/mol. The summed E-state index contributed by atoms with van der Waals surface area (Å²) in [5, 5.41) is 35.8. The molecule has 0 heterocycles. The van der Waals surface area contributed by atoms with Gasteiger partial charge >= 0.3 is 0 Å². The van der Waals surface area contributed by atoms with Crippen molar-refractivity contribution in [1.82, 2.24) is 10.6 Å².